The number of carbonyl (C=O) groups excluding carboxylic acids is 1. The van der Waals surface area contributed by atoms with E-state index >= 15 is 0 Å². The summed E-state index contributed by atoms with van der Waals surface area (Å²) in [5, 5.41) is 2.92. The molecular formula is C14H22N2O. The summed E-state index contributed by atoms with van der Waals surface area (Å²) in [4.78, 5) is 11.8. The maximum Gasteiger partial charge on any atom is 0.226 e. The molecule has 3 heteroatoms. The molecule has 1 aromatic carbocycles. The van der Waals surface area contributed by atoms with Crippen LogP contribution < -0.4 is 11.1 Å². The molecule has 94 valence electrons. The minimum atomic E-state index is -0.474. The summed E-state index contributed by atoms with van der Waals surface area (Å²) >= 11 is 0. The van der Waals surface area contributed by atoms with Gasteiger partial charge in [-0.15, -0.1) is 0 Å². The number of nitrogens with one attached hydrogen (secondary N) is 1. The van der Waals surface area contributed by atoms with Crippen molar-refractivity contribution in [1.29, 1.82) is 0 Å². The number of rotatable bonds is 3. The van der Waals surface area contributed by atoms with Crippen LogP contribution in [0.15, 0.2) is 12.1 Å². The topological polar surface area (TPSA) is 55.1 Å². The first-order chi connectivity index (χ1) is 7.70. The highest BCUT2D eigenvalue weighted by molar-refractivity contribution is 5.92. The van der Waals surface area contributed by atoms with Crippen molar-refractivity contribution in [2.24, 2.45) is 5.73 Å². The van der Waals surface area contributed by atoms with E-state index < -0.39 is 5.54 Å². The minimum Gasteiger partial charge on any atom is -0.326 e. The van der Waals surface area contributed by atoms with Crippen LogP contribution in [0, 0.1) is 20.8 Å². The second kappa shape index (κ2) is 4.88. The standard InChI is InChI=1S/C14H22N2O/c1-9-6-7-12(11(3)10(9)2)16-13(17)8-14(4,5)15/h6-7H,8,15H2,1-5H3,(H,16,17). The Morgan fingerprint density at radius 1 is 1.24 bits per heavy atom. The van der Waals surface area contributed by atoms with Gasteiger partial charge in [0.2, 0.25) is 5.91 Å². The quantitative estimate of drug-likeness (QED) is 0.844. The molecule has 1 rings (SSSR count). The highest BCUT2D eigenvalue weighted by Gasteiger charge is 2.17. The van der Waals surface area contributed by atoms with Crippen molar-refractivity contribution < 1.29 is 4.79 Å². The monoisotopic (exact) mass is 234 g/mol. The lowest BCUT2D eigenvalue weighted by Gasteiger charge is -2.19. The van der Waals surface area contributed by atoms with Gasteiger partial charge in [0.05, 0.1) is 0 Å². The van der Waals surface area contributed by atoms with E-state index in [0.29, 0.717) is 6.42 Å². The van der Waals surface area contributed by atoms with Crippen LogP contribution in [0.5, 0.6) is 0 Å². The molecule has 0 fully saturated rings. The van der Waals surface area contributed by atoms with E-state index in [1.54, 1.807) is 0 Å². The van der Waals surface area contributed by atoms with E-state index in [0.717, 1.165) is 11.3 Å². The number of amides is 1. The average molecular weight is 234 g/mol. The van der Waals surface area contributed by atoms with Gasteiger partial charge in [-0.2, -0.15) is 0 Å². The Kier molecular flexibility index (Phi) is 3.94. The largest absolute Gasteiger partial charge is 0.326 e. The Bertz CT molecular complexity index is 431. The first-order valence-corrected chi connectivity index (χ1v) is 5.86. The molecule has 0 bridgehead atoms. The fraction of sp³-hybridized carbons (Fsp3) is 0.500. The Labute approximate surface area is 103 Å². The number of hydrogen-bond donors (Lipinski definition) is 2. The molecule has 0 spiro atoms. The zero-order valence-corrected chi connectivity index (χ0v) is 11.3. The second-order valence-corrected chi connectivity index (χ2v) is 5.39. The third-order valence-electron chi connectivity index (χ3n) is 2.95. The van der Waals surface area contributed by atoms with Crippen molar-refractivity contribution in [2.45, 2.75) is 46.6 Å². The fourth-order valence-electron chi connectivity index (χ4n) is 1.70. The van der Waals surface area contributed by atoms with E-state index in [1.165, 1.54) is 11.1 Å². The zero-order valence-electron chi connectivity index (χ0n) is 11.3. The summed E-state index contributed by atoms with van der Waals surface area (Å²) in [5.74, 6) is -0.0381. The molecule has 0 unspecified atom stereocenters. The maximum atomic E-state index is 11.8. The molecule has 3 nitrogen and oxygen atoms in total. The van der Waals surface area contributed by atoms with Gasteiger partial charge in [0.15, 0.2) is 0 Å². The molecule has 0 radical (unpaired) electrons. The van der Waals surface area contributed by atoms with Gasteiger partial charge in [-0.25, -0.2) is 0 Å². The Balaban J connectivity index is 2.83. The van der Waals surface area contributed by atoms with Crippen LogP contribution in [0.1, 0.15) is 37.0 Å². The molecule has 0 saturated carbocycles. The molecule has 0 heterocycles. The van der Waals surface area contributed by atoms with Crippen LogP contribution in [-0.2, 0) is 4.79 Å². The first kappa shape index (κ1) is 13.7. The second-order valence-electron chi connectivity index (χ2n) is 5.39. The lowest BCUT2D eigenvalue weighted by Crippen LogP contribution is -2.36. The SMILES string of the molecule is Cc1ccc(NC(=O)CC(C)(C)N)c(C)c1C. The van der Waals surface area contributed by atoms with E-state index in [4.69, 9.17) is 5.73 Å². The Hall–Kier alpha value is -1.35. The van der Waals surface area contributed by atoms with Crippen LogP contribution in [-0.4, -0.2) is 11.4 Å². The smallest absolute Gasteiger partial charge is 0.226 e. The zero-order chi connectivity index (χ0) is 13.2. The van der Waals surface area contributed by atoms with Crippen molar-refractivity contribution >= 4 is 11.6 Å². The third-order valence-corrected chi connectivity index (χ3v) is 2.95. The normalized spacial score (nSPS) is 11.4. The molecule has 0 aliphatic carbocycles. The molecule has 3 N–H and O–H groups in total. The fourth-order valence-corrected chi connectivity index (χ4v) is 1.70. The van der Waals surface area contributed by atoms with E-state index in [9.17, 15) is 4.79 Å². The van der Waals surface area contributed by atoms with Crippen molar-refractivity contribution in [2.75, 3.05) is 5.32 Å². The van der Waals surface area contributed by atoms with E-state index in [-0.39, 0.29) is 5.91 Å². The Morgan fingerprint density at radius 3 is 2.35 bits per heavy atom. The molecule has 17 heavy (non-hydrogen) atoms. The highest BCUT2D eigenvalue weighted by atomic mass is 16.1. The van der Waals surface area contributed by atoms with Crippen molar-refractivity contribution in [1.82, 2.24) is 0 Å². The van der Waals surface area contributed by atoms with Crippen LogP contribution in [0.4, 0.5) is 5.69 Å². The van der Waals surface area contributed by atoms with Gasteiger partial charge in [-0.1, -0.05) is 6.07 Å². The average Bonchev–Trinajstić information content (AvgIpc) is 2.16. The summed E-state index contributed by atoms with van der Waals surface area (Å²) in [6, 6.07) is 3.96. The molecule has 0 aliphatic heterocycles. The van der Waals surface area contributed by atoms with Gasteiger partial charge in [0.25, 0.3) is 0 Å². The number of aryl methyl sites for hydroxylation is 1. The number of hydrogen-bond acceptors (Lipinski definition) is 2. The molecule has 0 saturated heterocycles. The lowest BCUT2D eigenvalue weighted by molar-refractivity contribution is -0.117. The molecule has 0 aliphatic rings. The number of nitrogens with two attached hydrogens (primary N) is 1. The highest BCUT2D eigenvalue weighted by Crippen LogP contribution is 2.22. The number of anilines is 1. The summed E-state index contributed by atoms with van der Waals surface area (Å²) < 4.78 is 0. The van der Waals surface area contributed by atoms with Gasteiger partial charge in [0, 0.05) is 17.6 Å². The molecule has 1 aromatic rings. The van der Waals surface area contributed by atoms with Crippen LogP contribution in [0.3, 0.4) is 0 Å². The maximum absolute atomic E-state index is 11.8. The summed E-state index contributed by atoms with van der Waals surface area (Å²) in [5.41, 5.74) is 9.80. The summed E-state index contributed by atoms with van der Waals surface area (Å²) in [6.45, 7) is 9.84. The van der Waals surface area contributed by atoms with Gasteiger partial charge in [-0.3, -0.25) is 4.79 Å². The van der Waals surface area contributed by atoms with Crippen molar-refractivity contribution in [3.8, 4) is 0 Å². The molecular weight excluding hydrogens is 212 g/mol. The van der Waals surface area contributed by atoms with Gasteiger partial charge >= 0.3 is 0 Å². The van der Waals surface area contributed by atoms with E-state index in [1.807, 2.05) is 32.9 Å². The minimum absolute atomic E-state index is 0.0381. The van der Waals surface area contributed by atoms with Gasteiger partial charge in [-0.05, 0) is 57.4 Å². The summed E-state index contributed by atoms with van der Waals surface area (Å²) in [7, 11) is 0. The number of carbonyl (C=O) groups is 1. The van der Waals surface area contributed by atoms with Crippen molar-refractivity contribution in [3.63, 3.8) is 0 Å². The van der Waals surface area contributed by atoms with Crippen LogP contribution in [0.2, 0.25) is 0 Å². The van der Waals surface area contributed by atoms with Crippen LogP contribution >= 0.6 is 0 Å². The molecule has 0 aromatic heterocycles. The first-order valence-electron chi connectivity index (χ1n) is 5.86. The predicted molar refractivity (Wildman–Crippen MR) is 72.2 cm³/mol. The van der Waals surface area contributed by atoms with Gasteiger partial charge < -0.3 is 11.1 Å². The lowest BCUT2D eigenvalue weighted by atomic mass is 10.0. The van der Waals surface area contributed by atoms with Crippen LogP contribution in [0.25, 0.3) is 0 Å². The molecule has 1 amide bonds. The van der Waals surface area contributed by atoms with Gasteiger partial charge in [0.1, 0.15) is 0 Å². The summed E-state index contributed by atoms with van der Waals surface area (Å²) in [6.07, 6.45) is 0.319. The molecule has 0 atom stereocenters. The van der Waals surface area contributed by atoms with E-state index in [2.05, 4.69) is 19.2 Å². The predicted octanol–water partition coefficient (Wildman–Crippen LogP) is 2.68. The number of benzene rings is 1. The third kappa shape index (κ3) is 3.86. The Morgan fingerprint density at radius 2 is 1.82 bits per heavy atom. The van der Waals surface area contributed by atoms with Crippen molar-refractivity contribution in [3.05, 3.63) is 28.8 Å².